The molecule has 0 saturated heterocycles. The highest BCUT2D eigenvalue weighted by Gasteiger charge is 2.47. The maximum atomic E-state index is 14.4. The van der Waals surface area contributed by atoms with Crippen molar-refractivity contribution in [2.45, 2.75) is 24.4 Å². The normalized spacial score (nSPS) is 17.7. The van der Waals surface area contributed by atoms with Gasteiger partial charge in [0.2, 0.25) is 5.91 Å². The number of pyridine rings is 1. The highest BCUT2D eigenvalue weighted by Crippen LogP contribution is 2.46. The smallest absolute Gasteiger partial charge is 0.398 e. The van der Waals surface area contributed by atoms with E-state index in [-0.39, 0.29) is 40.4 Å². The number of hydrogen-bond acceptors (Lipinski definition) is 6. The summed E-state index contributed by atoms with van der Waals surface area (Å²) in [6.07, 6.45) is -4.23. The summed E-state index contributed by atoms with van der Waals surface area (Å²) in [5.74, 6) is -4.65. The third kappa shape index (κ3) is 5.37. The molecule has 0 radical (unpaired) electrons. The van der Waals surface area contributed by atoms with Crippen molar-refractivity contribution in [2.24, 2.45) is 11.5 Å². The summed E-state index contributed by atoms with van der Waals surface area (Å²) < 4.78 is 62.5. The molecule has 0 aliphatic carbocycles. The van der Waals surface area contributed by atoms with E-state index in [2.05, 4.69) is 10.3 Å². The number of ether oxygens (including phenoxy) is 1. The number of carbonyl (C=O) groups is 2. The van der Waals surface area contributed by atoms with Crippen molar-refractivity contribution in [2.75, 3.05) is 13.2 Å². The van der Waals surface area contributed by atoms with E-state index in [0.29, 0.717) is 11.8 Å². The number of alkyl halides is 3. The van der Waals surface area contributed by atoms with Crippen molar-refractivity contribution in [3.05, 3.63) is 88.9 Å². The summed E-state index contributed by atoms with van der Waals surface area (Å²) >= 11 is 0. The Morgan fingerprint density at radius 3 is 2.38 bits per heavy atom. The van der Waals surface area contributed by atoms with Crippen LogP contribution in [0.5, 0.6) is 5.75 Å². The number of nitrogens with zero attached hydrogens (tertiary/aromatic N) is 1. The summed E-state index contributed by atoms with van der Waals surface area (Å²) in [4.78, 5) is 29.4. The third-order valence-corrected chi connectivity index (χ3v) is 6.74. The maximum absolute atomic E-state index is 14.4. The average Bonchev–Trinajstić information content (AvgIpc) is 3.27. The molecule has 208 valence electrons. The van der Waals surface area contributed by atoms with Crippen LogP contribution in [0, 0.1) is 11.2 Å². The number of amides is 2. The molecule has 12 heteroatoms. The lowest BCUT2D eigenvalue weighted by molar-refractivity contribution is -0.151. The van der Waals surface area contributed by atoms with E-state index in [1.165, 1.54) is 19.1 Å². The van der Waals surface area contributed by atoms with E-state index < -0.39 is 47.4 Å². The molecule has 3 aromatic rings. The van der Waals surface area contributed by atoms with Gasteiger partial charge in [-0.2, -0.15) is 13.2 Å². The largest absolute Gasteiger partial charge is 0.489 e. The lowest BCUT2D eigenvalue weighted by Crippen LogP contribution is -2.40. The molecule has 2 atom stereocenters. The number of nitrogens with two attached hydrogens (primary N) is 2. The number of primary amides is 1. The minimum absolute atomic E-state index is 0.0357. The van der Waals surface area contributed by atoms with Gasteiger partial charge in [-0.15, -0.1) is 0 Å². The van der Waals surface area contributed by atoms with Gasteiger partial charge in [-0.25, -0.2) is 9.37 Å². The number of carbonyl (C=O) groups excluding carboxylic acids is 2. The lowest BCUT2D eigenvalue weighted by Gasteiger charge is -2.24. The first-order valence-electron chi connectivity index (χ1n) is 12.0. The maximum Gasteiger partial charge on any atom is 0.398 e. The number of benzene rings is 2. The zero-order chi connectivity index (χ0) is 29.2. The van der Waals surface area contributed by atoms with E-state index in [9.17, 15) is 27.2 Å². The highest BCUT2D eigenvalue weighted by atomic mass is 19.4. The molecule has 1 aliphatic rings. The van der Waals surface area contributed by atoms with Gasteiger partial charge in [0.25, 0.3) is 5.91 Å². The second-order valence-electron chi connectivity index (χ2n) is 9.41. The van der Waals surface area contributed by atoms with Gasteiger partial charge in [0.05, 0.1) is 17.0 Å². The summed E-state index contributed by atoms with van der Waals surface area (Å²) in [5.41, 5.74) is 9.95. The average molecular weight is 556 g/mol. The number of hydrogen-bond donors (Lipinski definition) is 4. The van der Waals surface area contributed by atoms with Crippen LogP contribution in [0.3, 0.4) is 0 Å². The molecule has 1 aliphatic heterocycles. The molecular formula is C28H25F4N5O3. The van der Waals surface area contributed by atoms with Crippen molar-refractivity contribution in [1.82, 2.24) is 10.3 Å². The SMILES string of the molecule is C[C@]1(C(N)=O)COc2c1cc(C(CNC(=O)/C(C=N)=C(/N)c1ccccc1)C(F)(F)F)nc2-c1ccc(F)cc1. The Kier molecular flexibility index (Phi) is 7.63. The van der Waals surface area contributed by atoms with Crippen LogP contribution in [0.4, 0.5) is 17.6 Å². The Hall–Kier alpha value is -4.74. The number of halogens is 4. The van der Waals surface area contributed by atoms with E-state index in [1.807, 2.05) is 0 Å². The molecule has 40 heavy (non-hydrogen) atoms. The first-order chi connectivity index (χ1) is 18.9. The van der Waals surface area contributed by atoms with Crippen molar-refractivity contribution in [1.29, 1.82) is 5.41 Å². The van der Waals surface area contributed by atoms with E-state index in [0.717, 1.165) is 18.2 Å². The van der Waals surface area contributed by atoms with Crippen LogP contribution in [-0.2, 0) is 15.0 Å². The second-order valence-corrected chi connectivity index (χ2v) is 9.41. The standard InChI is InChI=1S/C28H25F4N5O3/c1-27(26(35)39)14-40-24-19(27)11-21(37-23(24)16-7-9-17(29)10-8-16)20(28(30,31)32)13-36-25(38)18(12-33)22(34)15-5-3-2-4-6-15/h2-12,20,33H,13-14,34H2,1H3,(H2,35,39)(H,36,38)/b22-18+,33-12?/t20?,27-/m0/s1. The van der Waals surface area contributed by atoms with Gasteiger partial charge < -0.3 is 26.9 Å². The van der Waals surface area contributed by atoms with Gasteiger partial charge in [-0.1, -0.05) is 30.3 Å². The number of aromatic nitrogens is 1. The minimum atomic E-state index is -4.89. The van der Waals surface area contributed by atoms with Gasteiger partial charge in [-0.05, 0) is 42.8 Å². The van der Waals surface area contributed by atoms with E-state index in [1.54, 1.807) is 30.3 Å². The fourth-order valence-electron chi connectivity index (χ4n) is 4.31. The predicted octanol–water partition coefficient (Wildman–Crippen LogP) is 3.80. The molecule has 0 saturated carbocycles. The lowest BCUT2D eigenvalue weighted by atomic mass is 9.82. The molecule has 0 spiro atoms. The Morgan fingerprint density at radius 2 is 1.80 bits per heavy atom. The molecule has 8 nitrogen and oxygen atoms in total. The molecule has 4 rings (SSSR count). The van der Waals surface area contributed by atoms with Gasteiger partial charge in [0, 0.05) is 23.9 Å². The second kappa shape index (κ2) is 10.8. The summed E-state index contributed by atoms with van der Waals surface area (Å²) in [7, 11) is 0. The van der Waals surface area contributed by atoms with E-state index in [4.69, 9.17) is 21.6 Å². The molecule has 6 N–H and O–H groups in total. The summed E-state index contributed by atoms with van der Waals surface area (Å²) in [6.45, 7) is 0.262. The quantitative estimate of drug-likeness (QED) is 0.190. The van der Waals surface area contributed by atoms with Crippen LogP contribution >= 0.6 is 0 Å². The van der Waals surface area contributed by atoms with Crippen molar-refractivity contribution < 1.29 is 31.9 Å². The van der Waals surface area contributed by atoms with Crippen LogP contribution in [0.2, 0.25) is 0 Å². The van der Waals surface area contributed by atoms with Crippen molar-refractivity contribution in [3.8, 4) is 17.0 Å². The topological polar surface area (TPSA) is 144 Å². The summed E-state index contributed by atoms with van der Waals surface area (Å²) in [5, 5.41) is 9.81. The van der Waals surface area contributed by atoms with E-state index >= 15 is 0 Å². The van der Waals surface area contributed by atoms with Crippen LogP contribution in [0.25, 0.3) is 17.0 Å². The number of nitrogens with one attached hydrogen (secondary N) is 2. The molecule has 1 aromatic heterocycles. The molecular weight excluding hydrogens is 530 g/mol. The third-order valence-electron chi connectivity index (χ3n) is 6.74. The zero-order valence-electron chi connectivity index (χ0n) is 21.2. The fraction of sp³-hybridized carbons (Fsp3) is 0.214. The summed E-state index contributed by atoms with van der Waals surface area (Å²) in [6, 6.07) is 14.2. The van der Waals surface area contributed by atoms with Gasteiger partial charge >= 0.3 is 6.18 Å². The predicted molar refractivity (Wildman–Crippen MR) is 140 cm³/mol. The molecule has 1 unspecified atom stereocenters. The Bertz CT molecular complexity index is 1490. The van der Waals surface area contributed by atoms with Crippen LogP contribution in [0.1, 0.15) is 29.7 Å². The Labute approximate surface area is 226 Å². The Balaban J connectivity index is 1.77. The van der Waals surface area contributed by atoms with Gasteiger partial charge in [-0.3, -0.25) is 9.59 Å². The van der Waals surface area contributed by atoms with Gasteiger partial charge in [0.1, 0.15) is 35.2 Å². The monoisotopic (exact) mass is 555 g/mol. The van der Waals surface area contributed by atoms with Crippen LogP contribution < -0.4 is 21.5 Å². The van der Waals surface area contributed by atoms with Crippen LogP contribution in [0.15, 0.2) is 66.2 Å². The van der Waals surface area contributed by atoms with Gasteiger partial charge in [0.15, 0.2) is 0 Å². The zero-order valence-corrected chi connectivity index (χ0v) is 21.2. The fourth-order valence-corrected chi connectivity index (χ4v) is 4.31. The first-order valence-corrected chi connectivity index (χ1v) is 12.0. The molecule has 2 aromatic carbocycles. The highest BCUT2D eigenvalue weighted by molar-refractivity contribution is 6.17. The number of fused-ring (bicyclic) bond motifs is 1. The molecule has 0 bridgehead atoms. The number of rotatable bonds is 8. The Morgan fingerprint density at radius 1 is 1.15 bits per heavy atom. The minimum Gasteiger partial charge on any atom is -0.489 e. The van der Waals surface area contributed by atoms with Crippen molar-refractivity contribution in [3.63, 3.8) is 0 Å². The molecule has 0 fully saturated rings. The first kappa shape index (κ1) is 28.3. The molecule has 2 amide bonds. The van der Waals surface area contributed by atoms with Crippen molar-refractivity contribution >= 4 is 23.7 Å². The van der Waals surface area contributed by atoms with Crippen LogP contribution in [-0.4, -0.2) is 42.3 Å². The molecule has 2 heterocycles.